The highest BCUT2D eigenvalue weighted by molar-refractivity contribution is 7.99. The Hall–Kier alpha value is -2.47. The van der Waals surface area contributed by atoms with Gasteiger partial charge in [0.05, 0.1) is 10.9 Å². The molecular formula is C14H10N2O3S. The van der Waals surface area contributed by atoms with Gasteiger partial charge in [0.1, 0.15) is 0 Å². The Labute approximate surface area is 117 Å². The fourth-order valence-electron chi connectivity index (χ4n) is 1.88. The maximum absolute atomic E-state index is 11.7. The molecular weight excluding hydrogens is 276 g/mol. The smallest absolute Gasteiger partial charge is 0.362 e. The van der Waals surface area contributed by atoms with E-state index in [0.29, 0.717) is 5.52 Å². The molecule has 0 fully saturated rings. The Bertz CT molecular complexity index is 884. The lowest BCUT2D eigenvalue weighted by Crippen LogP contribution is -2.33. The van der Waals surface area contributed by atoms with Gasteiger partial charge in [-0.15, -0.1) is 0 Å². The minimum Gasteiger partial charge on any atom is -0.421 e. The van der Waals surface area contributed by atoms with Gasteiger partial charge >= 0.3 is 5.69 Å². The fourth-order valence-corrected chi connectivity index (χ4v) is 2.75. The number of hydrogen-bond donors (Lipinski definition) is 2. The SMILES string of the molecule is O=c1[nH]c2cc(Sc3ccccc3)ccc2c(=O)n1O. The van der Waals surface area contributed by atoms with Gasteiger partial charge in [0.15, 0.2) is 0 Å². The van der Waals surface area contributed by atoms with Gasteiger partial charge in [-0.3, -0.25) is 4.79 Å². The second kappa shape index (κ2) is 4.90. The first-order chi connectivity index (χ1) is 9.65. The largest absolute Gasteiger partial charge is 0.421 e. The standard InChI is InChI=1S/C14H10N2O3S/c17-13-11-7-6-10(20-9-4-2-1-3-5-9)8-12(11)15-14(18)16(13)19/h1-8,19H,(H,15,18). The lowest BCUT2D eigenvalue weighted by atomic mass is 10.2. The average molecular weight is 286 g/mol. The van der Waals surface area contributed by atoms with Crippen LogP contribution in [0.5, 0.6) is 0 Å². The predicted octanol–water partition coefficient (Wildman–Crippen LogP) is 2.08. The van der Waals surface area contributed by atoms with Crippen LogP contribution in [0.15, 0.2) is 67.9 Å². The molecule has 0 aliphatic heterocycles. The highest BCUT2D eigenvalue weighted by atomic mass is 32.2. The molecule has 6 heteroatoms. The van der Waals surface area contributed by atoms with Gasteiger partial charge in [-0.05, 0) is 30.3 Å². The number of H-pyrrole nitrogens is 1. The Morgan fingerprint density at radius 1 is 1.00 bits per heavy atom. The quantitative estimate of drug-likeness (QED) is 0.707. The van der Waals surface area contributed by atoms with Gasteiger partial charge in [0.25, 0.3) is 5.56 Å². The second-order valence-electron chi connectivity index (χ2n) is 4.17. The van der Waals surface area contributed by atoms with Crippen LogP contribution in [0.1, 0.15) is 0 Å². The van der Waals surface area contributed by atoms with Crippen molar-refractivity contribution in [2.24, 2.45) is 0 Å². The molecule has 100 valence electrons. The topological polar surface area (TPSA) is 75.1 Å². The van der Waals surface area contributed by atoms with Crippen LogP contribution in [0.2, 0.25) is 0 Å². The molecule has 0 unspecified atom stereocenters. The van der Waals surface area contributed by atoms with E-state index in [2.05, 4.69) is 4.98 Å². The zero-order valence-corrected chi connectivity index (χ0v) is 11.1. The molecule has 0 bridgehead atoms. The van der Waals surface area contributed by atoms with Crippen molar-refractivity contribution in [3.05, 3.63) is 69.4 Å². The van der Waals surface area contributed by atoms with Crippen molar-refractivity contribution in [3.8, 4) is 0 Å². The van der Waals surface area contributed by atoms with E-state index in [1.165, 1.54) is 11.8 Å². The van der Waals surface area contributed by atoms with Crippen LogP contribution in [0.25, 0.3) is 10.9 Å². The zero-order valence-electron chi connectivity index (χ0n) is 10.2. The van der Waals surface area contributed by atoms with Crippen LogP contribution in [-0.4, -0.2) is 14.9 Å². The van der Waals surface area contributed by atoms with Crippen LogP contribution >= 0.6 is 11.8 Å². The van der Waals surface area contributed by atoms with Crippen molar-refractivity contribution >= 4 is 22.7 Å². The first-order valence-electron chi connectivity index (χ1n) is 5.86. The van der Waals surface area contributed by atoms with Crippen LogP contribution < -0.4 is 11.2 Å². The summed E-state index contributed by atoms with van der Waals surface area (Å²) >= 11 is 1.52. The number of benzene rings is 2. The average Bonchev–Trinajstić information content (AvgIpc) is 2.46. The molecule has 2 N–H and O–H groups in total. The third kappa shape index (κ3) is 2.21. The van der Waals surface area contributed by atoms with Gasteiger partial charge in [0.2, 0.25) is 0 Å². The number of nitrogens with one attached hydrogen (secondary N) is 1. The molecule has 3 rings (SSSR count). The maximum atomic E-state index is 11.7. The lowest BCUT2D eigenvalue weighted by Gasteiger charge is -2.04. The third-order valence-electron chi connectivity index (χ3n) is 2.83. The Kier molecular flexibility index (Phi) is 3.08. The summed E-state index contributed by atoms with van der Waals surface area (Å²) in [4.78, 5) is 27.5. The van der Waals surface area contributed by atoms with E-state index in [-0.39, 0.29) is 10.1 Å². The summed E-state index contributed by atoms with van der Waals surface area (Å²) in [6.45, 7) is 0. The van der Waals surface area contributed by atoms with Crippen molar-refractivity contribution in [1.29, 1.82) is 0 Å². The molecule has 20 heavy (non-hydrogen) atoms. The molecule has 2 aromatic carbocycles. The predicted molar refractivity (Wildman–Crippen MR) is 76.6 cm³/mol. The highest BCUT2D eigenvalue weighted by Gasteiger charge is 2.07. The van der Waals surface area contributed by atoms with Crippen molar-refractivity contribution in [2.75, 3.05) is 0 Å². The summed E-state index contributed by atoms with van der Waals surface area (Å²) in [7, 11) is 0. The maximum Gasteiger partial charge on any atom is 0.362 e. The molecule has 0 spiro atoms. The van der Waals surface area contributed by atoms with Gasteiger partial charge < -0.3 is 10.2 Å². The summed E-state index contributed by atoms with van der Waals surface area (Å²) in [5.41, 5.74) is -1.16. The Morgan fingerprint density at radius 2 is 1.75 bits per heavy atom. The first kappa shape index (κ1) is 12.6. The highest BCUT2D eigenvalue weighted by Crippen LogP contribution is 2.28. The van der Waals surface area contributed by atoms with Crippen LogP contribution in [-0.2, 0) is 0 Å². The van der Waals surface area contributed by atoms with E-state index < -0.39 is 11.2 Å². The molecule has 0 atom stereocenters. The summed E-state index contributed by atoms with van der Waals surface area (Å²) in [6, 6.07) is 14.9. The monoisotopic (exact) mass is 286 g/mol. The van der Waals surface area contributed by atoms with Gasteiger partial charge in [0, 0.05) is 9.79 Å². The van der Waals surface area contributed by atoms with E-state index in [4.69, 9.17) is 0 Å². The summed E-state index contributed by atoms with van der Waals surface area (Å²) in [6.07, 6.45) is 0. The van der Waals surface area contributed by atoms with Crippen molar-refractivity contribution < 1.29 is 5.21 Å². The number of aromatic nitrogens is 2. The minimum absolute atomic E-state index is 0.0757. The van der Waals surface area contributed by atoms with Crippen molar-refractivity contribution in [2.45, 2.75) is 9.79 Å². The van der Waals surface area contributed by atoms with Crippen LogP contribution in [0.4, 0.5) is 0 Å². The number of aromatic amines is 1. The molecule has 0 amide bonds. The van der Waals surface area contributed by atoms with Gasteiger partial charge in [-0.1, -0.05) is 34.7 Å². The molecule has 1 heterocycles. The van der Waals surface area contributed by atoms with Gasteiger partial charge in [-0.2, -0.15) is 0 Å². The molecule has 0 aliphatic rings. The van der Waals surface area contributed by atoms with Crippen LogP contribution in [0, 0.1) is 0 Å². The second-order valence-corrected chi connectivity index (χ2v) is 5.32. The van der Waals surface area contributed by atoms with E-state index in [1.807, 2.05) is 30.3 Å². The molecule has 5 nitrogen and oxygen atoms in total. The van der Waals surface area contributed by atoms with E-state index in [1.54, 1.807) is 18.2 Å². The minimum atomic E-state index is -0.843. The zero-order chi connectivity index (χ0) is 14.1. The number of rotatable bonds is 2. The molecule has 0 saturated carbocycles. The number of nitrogens with zero attached hydrogens (tertiary/aromatic N) is 1. The molecule has 0 saturated heterocycles. The molecule has 0 radical (unpaired) electrons. The summed E-state index contributed by atoms with van der Waals surface area (Å²) in [5, 5.41) is 9.53. The van der Waals surface area contributed by atoms with E-state index >= 15 is 0 Å². The Morgan fingerprint density at radius 3 is 2.50 bits per heavy atom. The van der Waals surface area contributed by atoms with Crippen molar-refractivity contribution in [1.82, 2.24) is 9.71 Å². The van der Waals surface area contributed by atoms with Crippen LogP contribution in [0.3, 0.4) is 0 Å². The number of hydrogen-bond acceptors (Lipinski definition) is 4. The number of fused-ring (bicyclic) bond motifs is 1. The van der Waals surface area contributed by atoms with Gasteiger partial charge in [-0.25, -0.2) is 4.79 Å². The molecule has 0 aliphatic carbocycles. The first-order valence-corrected chi connectivity index (χ1v) is 6.68. The van der Waals surface area contributed by atoms with Crippen molar-refractivity contribution in [3.63, 3.8) is 0 Å². The summed E-state index contributed by atoms with van der Waals surface area (Å²) in [5.74, 6) is 0. The molecule has 1 aromatic heterocycles. The normalized spacial score (nSPS) is 10.8. The fraction of sp³-hybridized carbons (Fsp3) is 0. The lowest BCUT2D eigenvalue weighted by molar-refractivity contribution is 0.162. The molecule has 3 aromatic rings. The Balaban J connectivity index is 2.10. The van der Waals surface area contributed by atoms with E-state index in [0.717, 1.165) is 9.79 Å². The van der Waals surface area contributed by atoms with E-state index in [9.17, 15) is 14.8 Å². The third-order valence-corrected chi connectivity index (χ3v) is 3.82. The summed E-state index contributed by atoms with van der Waals surface area (Å²) < 4.78 is 0.0757.